The van der Waals surface area contributed by atoms with Gasteiger partial charge in [0.2, 0.25) is 0 Å². The SMILES string of the molecule is CN[C@@H]1CCc2cc(C(F)(F)F)ncc21. The van der Waals surface area contributed by atoms with Crippen molar-refractivity contribution in [1.82, 2.24) is 10.3 Å². The van der Waals surface area contributed by atoms with Crippen LogP contribution in [0.3, 0.4) is 0 Å². The smallest absolute Gasteiger partial charge is 0.313 e. The molecule has 0 saturated heterocycles. The van der Waals surface area contributed by atoms with Gasteiger partial charge in [0.1, 0.15) is 5.69 Å². The molecule has 2 rings (SSSR count). The highest BCUT2D eigenvalue weighted by atomic mass is 19.4. The van der Waals surface area contributed by atoms with E-state index in [0.717, 1.165) is 23.6 Å². The second-order valence-electron chi connectivity index (χ2n) is 3.65. The molecule has 15 heavy (non-hydrogen) atoms. The van der Waals surface area contributed by atoms with E-state index >= 15 is 0 Å². The van der Waals surface area contributed by atoms with Gasteiger partial charge in [-0.05, 0) is 37.1 Å². The lowest BCUT2D eigenvalue weighted by Gasteiger charge is -2.11. The fourth-order valence-corrected chi connectivity index (χ4v) is 1.95. The topological polar surface area (TPSA) is 24.9 Å². The van der Waals surface area contributed by atoms with Gasteiger partial charge in [0.25, 0.3) is 0 Å². The van der Waals surface area contributed by atoms with Gasteiger partial charge in [-0.3, -0.25) is 4.98 Å². The minimum Gasteiger partial charge on any atom is -0.313 e. The highest BCUT2D eigenvalue weighted by Crippen LogP contribution is 2.34. The van der Waals surface area contributed by atoms with Gasteiger partial charge >= 0.3 is 6.18 Å². The largest absolute Gasteiger partial charge is 0.433 e. The lowest BCUT2D eigenvalue weighted by molar-refractivity contribution is -0.141. The van der Waals surface area contributed by atoms with Crippen LogP contribution >= 0.6 is 0 Å². The Morgan fingerprint density at radius 1 is 1.47 bits per heavy atom. The summed E-state index contributed by atoms with van der Waals surface area (Å²) < 4.78 is 37.1. The van der Waals surface area contributed by atoms with Gasteiger partial charge in [0.15, 0.2) is 0 Å². The van der Waals surface area contributed by atoms with Crippen LogP contribution in [0.2, 0.25) is 0 Å². The summed E-state index contributed by atoms with van der Waals surface area (Å²) in [6.07, 6.45) is -1.47. The van der Waals surface area contributed by atoms with Crippen LogP contribution in [-0.4, -0.2) is 12.0 Å². The Kier molecular flexibility index (Phi) is 2.42. The first-order valence-corrected chi connectivity index (χ1v) is 4.75. The van der Waals surface area contributed by atoms with E-state index in [9.17, 15) is 13.2 Å². The summed E-state index contributed by atoms with van der Waals surface area (Å²) in [6.45, 7) is 0. The molecule has 0 aliphatic heterocycles. The van der Waals surface area contributed by atoms with Gasteiger partial charge < -0.3 is 5.32 Å². The third kappa shape index (κ3) is 1.84. The number of halogens is 3. The van der Waals surface area contributed by atoms with Crippen molar-refractivity contribution in [2.75, 3.05) is 7.05 Å². The fraction of sp³-hybridized carbons (Fsp3) is 0.500. The highest BCUT2D eigenvalue weighted by Gasteiger charge is 2.34. The molecule has 0 fully saturated rings. The maximum atomic E-state index is 12.4. The fourth-order valence-electron chi connectivity index (χ4n) is 1.95. The van der Waals surface area contributed by atoms with Crippen LogP contribution in [0.4, 0.5) is 13.2 Å². The van der Waals surface area contributed by atoms with Gasteiger partial charge in [-0.25, -0.2) is 0 Å². The molecule has 1 aliphatic carbocycles. The zero-order valence-electron chi connectivity index (χ0n) is 8.23. The number of hydrogen-bond acceptors (Lipinski definition) is 2. The number of rotatable bonds is 1. The Morgan fingerprint density at radius 3 is 2.80 bits per heavy atom. The van der Waals surface area contributed by atoms with E-state index in [4.69, 9.17) is 0 Å². The van der Waals surface area contributed by atoms with Crippen molar-refractivity contribution in [3.8, 4) is 0 Å². The summed E-state index contributed by atoms with van der Waals surface area (Å²) in [5, 5.41) is 3.06. The normalized spacial score (nSPS) is 20.4. The quantitative estimate of drug-likeness (QED) is 0.779. The van der Waals surface area contributed by atoms with Gasteiger partial charge in [-0.1, -0.05) is 0 Å². The van der Waals surface area contributed by atoms with E-state index in [1.807, 2.05) is 0 Å². The number of hydrogen-bond donors (Lipinski definition) is 1. The summed E-state index contributed by atoms with van der Waals surface area (Å²) in [4.78, 5) is 3.45. The third-order valence-corrected chi connectivity index (χ3v) is 2.74. The molecule has 1 N–H and O–H groups in total. The average Bonchev–Trinajstić information content (AvgIpc) is 2.58. The van der Waals surface area contributed by atoms with Crippen molar-refractivity contribution in [3.05, 3.63) is 29.1 Å². The molecule has 0 radical (unpaired) electrons. The van der Waals surface area contributed by atoms with Crippen LogP contribution in [-0.2, 0) is 12.6 Å². The minimum atomic E-state index is -4.34. The third-order valence-electron chi connectivity index (χ3n) is 2.74. The van der Waals surface area contributed by atoms with E-state index in [2.05, 4.69) is 10.3 Å². The molecule has 0 spiro atoms. The summed E-state index contributed by atoms with van der Waals surface area (Å²) in [7, 11) is 1.80. The Labute approximate surface area is 85.5 Å². The molecule has 0 unspecified atom stereocenters. The molecular formula is C10H11F3N2. The van der Waals surface area contributed by atoms with Crippen LogP contribution in [0.25, 0.3) is 0 Å². The van der Waals surface area contributed by atoms with Gasteiger partial charge in [-0.15, -0.1) is 0 Å². The maximum Gasteiger partial charge on any atom is 0.433 e. The van der Waals surface area contributed by atoms with Gasteiger partial charge in [-0.2, -0.15) is 13.2 Å². The molecule has 82 valence electrons. The van der Waals surface area contributed by atoms with Crippen LogP contribution in [0, 0.1) is 0 Å². The van der Waals surface area contributed by atoms with Crippen molar-refractivity contribution in [2.45, 2.75) is 25.1 Å². The first kappa shape index (κ1) is 10.4. The summed E-state index contributed by atoms with van der Waals surface area (Å²) in [6, 6.07) is 1.31. The number of fused-ring (bicyclic) bond motifs is 1. The van der Waals surface area contributed by atoms with E-state index in [1.165, 1.54) is 6.20 Å². The molecule has 5 heteroatoms. The van der Waals surface area contributed by atoms with Crippen molar-refractivity contribution in [3.63, 3.8) is 0 Å². The van der Waals surface area contributed by atoms with E-state index in [0.29, 0.717) is 6.42 Å². The van der Waals surface area contributed by atoms with Crippen molar-refractivity contribution < 1.29 is 13.2 Å². The first-order chi connectivity index (χ1) is 7.02. The number of aryl methyl sites for hydroxylation is 1. The predicted octanol–water partition coefficient (Wildman–Crippen LogP) is 2.31. The van der Waals surface area contributed by atoms with Crippen LogP contribution < -0.4 is 5.32 Å². The Balaban J connectivity index is 2.37. The zero-order valence-corrected chi connectivity index (χ0v) is 8.23. The highest BCUT2D eigenvalue weighted by molar-refractivity contribution is 5.34. The van der Waals surface area contributed by atoms with E-state index in [1.54, 1.807) is 7.05 Å². The van der Waals surface area contributed by atoms with Gasteiger partial charge in [0.05, 0.1) is 0 Å². The molecule has 0 amide bonds. The van der Waals surface area contributed by atoms with Crippen LogP contribution in [0.15, 0.2) is 12.3 Å². The molecule has 2 nitrogen and oxygen atoms in total. The zero-order chi connectivity index (χ0) is 11.1. The van der Waals surface area contributed by atoms with E-state index in [-0.39, 0.29) is 6.04 Å². The second kappa shape index (κ2) is 3.48. The summed E-state index contributed by atoms with van der Waals surface area (Å²) >= 11 is 0. The molecule has 0 bridgehead atoms. The summed E-state index contributed by atoms with van der Waals surface area (Å²) in [5.41, 5.74) is 0.861. The maximum absolute atomic E-state index is 12.4. The molecule has 1 heterocycles. The Bertz CT molecular complexity index is 373. The lowest BCUT2D eigenvalue weighted by Crippen LogP contribution is -2.14. The molecular weight excluding hydrogens is 205 g/mol. The molecule has 0 aromatic carbocycles. The van der Waals surface area contributed by atoms with Crippen LogP contribution in [0.1, 0.15) is 29.3 Å². The number of nitrogens with one attached hydrogen (secondary N) is 1. The monoisotopic (exact) mass is 216 g/mol. The molecule has 1 aromatic rings. The van der Waals surface area contributed by atoms with Gasteiger partial charge in [0, 0.05) is 12.2 Å². The standard InChI is InChI=1S/C10H11F3N2/c1-14-8-3-2-6-4-9(10(11,12)13)15-5-7(6)8/h4-5,8,14H,2-3H2,1H3/t8-/m1/s1. The number of nitrogens with zero attached hydrogens (tertiary/aromatic N) is 1. The second-order valence-corrected chi connectivity index (χ2v) is 3.65. The predicted molar refractivity (Wildman–Crippen MR) is 49.4 cm³/mol. The van der Waals surface area contributed by atoms with E-state index < -0.39 is 11.9 Å². The first-order valence-electron chi connectivity index (χ1n) is 4.75. The average molecular weight is 216 g/mol. The summed E-state index contributed by atoms with van der Waals surface area (Å²) in [5.74, 6) is 0. The van der Waals surface area contributed by atoms with Crippen molar-refractivity contribution in [2.24, 2.45) is 0 Å². The molecule has 1 aliphatic rings. The number of alkyl halides is 3. The molecule has 0 saturated carbocycles. The Morgan fingerprint density at radius 2 is 2.20 bits per heavy atom. The number of aromatic nitrogens is 1. The van der Waals surface area contributed by atoms with Crippen LogP contribution in [0.5, 0.6) is 0 Å². The molecule has 1 atom stereocenters. The van der Waals surface area contributed by atoms with Crippen molar-refractivity contribution in [1.29, 1.82) is 0 Å². The van der Waals surface area contributed by atoms with Crippen molar-refractivity contribution >= 4 is 0 Å². The number of pyridine rings is 1. The Hall–Kier alpha value is -1.10. The molecule has 1 aromatic heterocycles. The minimum absolute atomic E-state index is 0.148. The lowest BCUT2D eigenvalue weighted by atomic mass is 10.1.